The third kappa shape index (κ3) is 5.52. The summed E-state index contributed by atoms with van der Waals surface area (Å²) in [5.74, 6) is -2.60. The molecule has 1 aromatic carbocycles. The van der Waals surface area contributed by atoms with Crippen molar-refractivity contribution in [3.63, 3.8) is 0 Å². The molecule has 3 N–H and O–H groups in total. The van der Waals surface area contributed by atoms with E-state index in [0.717, 1.165) is 29.6 Å². The summed E-state index contributed by atoms with van der Waals surface area (Å²) >= 11 is 0. The molecule has 0 aliphatic carbocycles. The lowest BCUT2D eigenvalue weighted by atomic mass is 10.0. The van der Waals surface area contributed by atoms with Crippen molar-refractivity contribution < 1.29 is 28.9 Å². The molecule has 1 atom stereocenters. The lowest BCUT2D eigenvalue weighted by Gasteiger charge is -2.38. The smallest absolute Gasteiger partial charge is 0.328 e. The van der Waals surface area contributed by atoms with Gasteiger partial charge in [-0.15, -0.1) is 0 Å². The first-order valence-corrected chi connectivity index (χ1v) is 8.40. The normalized spacial score (nSPS) is 16.6. The number of aromatic amines is 1. The molecule has 3 rings (SSSR count). The minimum atomic E-state index is -1.26. The summed E-state index contributed by atoms with van der Waals surface area (Å²) < 4.78 is 18.6. The molecule has 0 saturated carbocycles. The fraction of sp³-hybridized carbons (Fsp3) is 0.389. The van der Waals surface area contributed by atoms with Crippen LogP contribution in [0.4, 0.5) is 4.39 Å². The first-order chi connectivity index (χ1) is 12.8. The third-order valence-electron chi connectivity index (χ3n) is 4.38. The van der Waals surface area contributed by atoms with Gasteiger partial charge in [-0.2, -0.15) is 5.10 Å². The highest BCUT2D eigenvalue weighted by atomic mass is 19.1. The van der Waals surface area contributed by atoms with Crippen molar-refractivity contribution in [3.05, 3.63) is 35.8 Å². The number of hydrogen-bond acceptors (Lipinski definition) is 5. The Hall–Kier alpha value is -2.94. The molecule has 27 heavy (non-hydrogen) atoms. The van der Waals surface area contributed by atoms with Gasteiger partial charge in [0.05, 0.1) is 18.3 Å². The van der Waals surface area contributed by atoms with Gasteiger partial charge in [0, 0.05) is 42.6 Å². The molecule has 0 radical (unpaired) electrons. The summed E-state index contributed by atoms with van der Waals surface area (Å²) in [7, 11) is 1.48. The van der Waals surface area contributed by atoms with Crippen molar-refractivity contribution in [2.24, 2.45) is 0 Å². The molecule has 1 aromatic heterocycles. The number of aliphatic carboxylic acids is 2. The monoisotopic (exact) mass is 379 g/mol. The first-order valence-electron chi connectivity index (χ1n) is 8.40. The second-order valence-corrected chi connectivity index (χ2v) is 6.14. The summed E-state index contributed by atoms with van der Waals surface area (Å²) in [5.41, 5.74) is 1.71. The van der Waals surface area contributed by atoms with Crippen LogP contribution in [0.3, 0.4) is 0 Å². The molecule has 0 amide bonds. The summed E-state index contributed by atoms with van der Waals surface area (Å²) in [6, 6.07) is 3.84. The second-order valence-electron chi connectivity index (χ2n) is 6.14. The van der Waals surface area contributed by atoms with Crippen LogP contribution in [0.5, 0.6) is 5.75 Å². The van der Waals surface area contributed by atoms with Crippen LogP contribution in [-0.2, 0) is 16.0 Å². The molecule has 2 heterocycles. The van der Waals surface area contributed by atoms with Gasteiger partial charge < -0.3 is 19.8 Å². The van der Waals surface area contributed by atoms with E-state index in [4.69, 9.17) is 14.9 Å². The zero-order valence-corrected chi connectivity index (χ0v) is 15.1. The van der Waals surface area contributed by atoms with Gasteiger partial charge in [-0.1, -0.05) is 0 Å². The van der Waals surface area contributed by atoms with E-state index in [9.17, 15) is 14.0 Å². The summed E-state index contributed by atoms with van der Waals surface area (Å²) in [6.07, 6.45) is 3.27. The number of aromatic nitrogens is 2. The molecular weight excluding hydrogens is 357 g/mol. The van der Waals surface area contributed by atoms with Gasteiger partial charge in [-0.05, 0) is 26.0 Å². The number of ether oxygens (including phenoxy) is 1. The average molecular weight is 379 g/mol. The summed E-state index contributed by atoms with van der Waals surface area (Å²) in [4.78, 5) is 21.5. The molecule has 2 aromatic rings. The maximum atomic E-state index is 13.6. The summed E-state index contributed by atoms with van der Waals surface area (Å²) in [6.45, 7) is 4.41. The molecule has 1 aliphatic heterocycles. The number of carboxylic acid groups (broad SMARTS) is 2. The number of rotatable bonds is 6. The fourth-order valence-corrected chi connectivity index (χ4v) is 2.71. The van der Waals surface area contributed by atoms with Crippen LogP contribution in [-0.4, -0.2) is 63.5 Å². The van der Waals surface area contributed by atoms with Crippen molar-refractivity contribution in [3.8, 4) is 5.75 Å². The molecule has 0 bridgehead atoms. The Balaban J connectivity index is 0.000000279. The lowest BCUT2D eigenvalue weighted by Crippen LogP contribution is -2.46. The van der Waals surface area contributed by atoms with Crippen LogP contribution in [0, 0.1) is 5.82 Å². The quantitative estimate of drug-likeness (QED) is 0.658. The van der Waals surface area contributed by atoms with E-state index in [0.29, 0.717) is 18.2 Å². The molecule has 9 heteroatoms. The molecule has 1 saturated heterocycles. The number of nitrogens with one attached hydrogen (secondary N) is 1. The number of hydrogen-bond donors (Lipinski definition) is 3. The maximum absolute atomic E-state index is 13.6. The number of halogens is 1. The Morgan fingerprint density at radius 2 is 2.04 bits per heavy atom. The maximum Gasteiger partial charge on any atom is 0.328 e. The Morgan fingerprint density at radius 1 is 1.37 bits per heavy atom. The van der Waals surface area contributed by atoms with Crippen LogP contribution < -0.4 is 4.74 Å². The van der Waals surface area contributed by atoms with Gasteiger partial charge in [0.25, 0.3) is 0 Å². The number of carbonyl (C=O) groups is 2. The fourth-order valence-electron chi connectivity index (χ4n) is 2.71. The molecule has 1 aliphatic rings. The molecule has 1 fully saturated rings. The first kappa shape index (κ1) is 20.4. The minimum absolute atomic E-state index is 0.271. The molecule has 8 nitrogen and oxygen atoms in total. The number of H-pyrrole nitrogens is 1. The van der Waals surface area contributed by atoms with E-state index in [1.165, 1.54) is 26.1 Å². The Bertz CT molecular complexity index is 833. The molecule has 1 unspecified atom stereocenters. The third-order valence-corrected chi connectivity index (χ3v) is 4.38. The van der Waals surface area contributed by atoms with Crippen molar-refractivity contribution in [1.82, 2.24) is 15.1 Å². The topological polar surface area (TPSA) is 116 Å². The van der Waals surface area contributed by atoms with E-state index >= 15 is 0 Å². The predicted octanol–water partition coefficient (Wildman–Crippen LogP) is 2.06. The largest absolute Gasteiger partial charge is 0.494 e. The van der Waals surface area contributed by atoms with Gasteiger partial charge >= 0.3 is 11.9 Å². The van der Waals surface area contributed by atoms with Gasteiger partial charge in [-0.25, -0.2) is 14.0 Å². The SMILES string of the molecule is COc1cc2c(CCN3CCC3C)n[nH]c2cc1F.O=C(O)/C=C/C(=O)O. The summed E-state index contributed by atoms with van der Waals surface area (Å²) in [5, 5.41) is 23.8. The Kier molecular flexibility index (Phi) is 6.89. The predicted molar refractivity (Wildman–Crippen MR) is 96.4 cm³/mol. The highest BCUT2D eigenvalue weighted by molar-refractivity contribution is 5.89. The van der Waals surface area contributed by atoms with Crippen LogP contribution in [0.25, 0.3) is 10.9 Å². The Morgan fingerprint density at radius 3 is 2.52 bits per heavy atom. The van der Waals surface area contributed by atoms with E-state index in [2.05, 4.69) is 22.0 Å². The van der Waals surface area contributed by atoms with Crippen molar-refractivity contribution in [2.75, 3.05) is 20.2 Å². The molecular formula is C18H22FN3O5. The van der Waals surface area contributed by atoms with E-state index in [-0.39, 0.29) is 11.6 Å². The number of nitrogens with zero attached hydrogens (tertiary/aromatic N) is 2. The van der Waals surface area contributed by atoms with E-state index in [1.54, 1.807) is 6.07 Å². The van der Waals surface area contributed by atoms with E-state index < -0.39 is 11.9 Å². The lowest BCUT2D eigenvalue weighted by molar-refractivity contribution is -0.134. The van der Waals surface area contributed by atoms with Crippen molar-refractivity contribution in [2.45, 2.75) is 25.8 Å². The standard InChI is InChI=1S/C14H18FN3O.C4H4O4/c1-9-3-5-18(9)6-4-12-10-7-14(19-2)11(15)8-13(10)17-16-12;5-3(6)1-2-4(7)8/h7-9H,3-6H2,1-2H3,(H,16,17);1-2H,(H,5,6)(H,7,8)/b;2-1+. The number of benzene rings is 1. The number of likely N-dealkylation sites (tertiary alicyclic amines) is 1. The zero-order valence-electron chi connectivity index (χ0n) is 15.1. The van der Waals surface area contributed by atoms with Gasteiger partial charge in [0.15, 0.2) is 11.6 Å². The van der Waals surface area contributed by atoms with Crippen LogP contribution in [0.15, 0.2) is 24.3 Å². The van der Waals surface area contributed by atoms with Crippen LogP contribution in [0.2, 0.25) is 0 Å². The molecule has 0 spiro atoms. The number of carboxylic acids is 2. The second kappa shape index (κ2) is 9.13. The molecule has 146 valence electrons. The number of fused-ring (bicyclic) bond motifs is 1. The van der Waals surface area contributed by atoms with Crippen LogP contribution in [0.1, 0.15) is 19.0 Å². The number of methoxy groups -OCH3 is 1. The average Bonchev–Trinajstić information content (AvgIpc) is 3.00. The minimum Gasteiger partial charge on any atom is -0.494 e. The van der Waals surface area contributed by atoms with Gasteiger partial charge in [-0.3, -0.25) is 5.10 Å². The van der Waals surface area contributed by atoms with Crippen molar-refractivity contribution in [1.29, 1.82) is 0 Å². The van der Waals surface area contributed by atoms with Crippen molar-refractivity contribution >= 4 is 22.8 Å². The highest BCUT2D eigenvalue weighted by Gasteiger charge is 2.23. The van der Waals surface area contributed by atoms with E-state index in [1.807, 2.05) is 0 Å². The highest BCUT2D eigenvalue weighted by Crippen LogP contribution is 2.26. The van der Waals surface area contributed by atoms with Gasteiger partial charge in [0.2, 0.25) is 0 Å². The zero-order chi connectivity index (χ0) is 20.0. The Labute approximate surface area is 155 Å². The van der Waals surface area contributed by atoms with Gasteiger partial charge in [0.1, 0.15) is 0 Å². The van der Waals surface area contributed by atoms with Crippen LogP contribution >= 0.6 is 0 Å².